The molecular formula is C23H23ClN4O7S. The van der Waals surface area contributed by atoms with Crippen LogP contribution in [-0.4, -0.2) is 40.4 Å². The van der Waals surface area contributed by atoms with Crippen molar-refractivity contribution >= 4 is 44.4 Å². The molecule has 3 aromatic rings. The second-order valence-electron chi connectivity index (χ2n) is 7.27. The van der Waals surface area contributed by atoms with E-state index in [1.54, 1.807) is 19.1 Å². The number of nitro groups is 1. The first-order chi connectivity index (χ1) is 17.1. The third-order valence-corrected chi connectivity index (χ3v) is 6.63. The van der Waals surface area contributed by atoms with Gasteiger partial charge in [-0.2, -0.15) is 5.10 Å². The molecule has 0 fully saturated rings. The Morgan fingerprint density at radius 2 is 1.58 bits per heavy atom. The highest BCUT2D eigenvalue weighted by Crippen LogP contribution is 2.38. The number of anilines is 2. The van der Waals surface area contributed by atoms with E-state index in [0.717, 1.165) is 6.07 Å². The fraction of sp³-hybridized carbons (Fsp3) is 0.174. The van der Waals surface area contributed by atoms with E-state index in [2.05, 4.69) is 15.2 Å². The van der Waals surface area contributed by atoms with Gasteiger partial charge in [-0.05, 0) is 55.5 Å². The first-order valence-corrected chi connectivity index (χ1v) is 12.1. The summed E-state index contributed by atoms with van der Waals surface area (Å²) in [6.07, 6.45) is 0. The minimum Gasteiger partial charge on any atom is -0.493 e. The summed E-state index contributed by atoms with van der Waals surface area (Å²) >= 11 is 5.82. The molecule has 36 heavy (non-hydrogen) atoms. The van der Waals surface area contributed by atoms with E-state index in [-0.39, 0.29) is 16.3 Å². The van der Waals surface area contributed by atoms with Gasteiger partial charge < -0.3 is 14.2 Å². The maximum Gasteiger partial charge on any atom is 0.295 e. The largest absolute Gasteiger partial charge is 0.493 e. The van der Waals surface area contributed by atoms with Crippen molar-refractivity contribution in [3.8, 4) is 17.2 Å². The molecule has 0 spiro atoms. The van der Waals surface area contributed by atoms with Crippen LogP contribution >= 0.6 is 11.6 Å². The average molecular weight is 535 g/mol. The lowest BCUT2D eigenvalue weighted by molar-refractivity contribution is -0.384. The Balaban J connectivity index is 1.91. The molecule has 0 saturated carbocycles. The Labute approximate surface area is 212 Å². The average Bonchev–Trinajstić information content (AvgIpc) is 2.87. The normalized spacial score (nSPS) is 11.5. The zero-order valence-electron chi connectivity index (χ0n) is 19.7. The van der Waals surface area contributed by atoms with Gasteiger partial charge in [-0.15, -0.1) is 0 Å². The number of halogens is 1. The number of nitro benzene ring substituents is 1. The Hall–Kier alpha value is -4.03. The topological polar surface area (TPSA) is 141 Å². The van der Waals surface area contributed by atoms with Gasteiger partial charge in [0, 0.05) is 22.3 Å². The number of ether oxygens (including phenoxy) is 3. The van der Waals surface area contributed by atoms with Gasteiger partial charge in [0.2, 0.25) is 5.75 Å². The zero-order valence-corrected chi connectivity index (χ0v) is 21.3. The zero-order chi connectivity index (χ0) is 26.5. The second-order valence-corrected chi connectivity index (χ2v) is 9.39. The van der Waals surface area contributed by atoms with E-state index in [9.17, 15) is 18.5 Å². The lowest BCUT2D eigenvalue weighted by atomic mass is 10.1. The van der Waals surface area contributed by atoms with Gasteiger partial charge in [-0.1, -0.05) is 11.6 Å². The van der Waals surface area contributed by atoms with Crippen molar-refractivity contribution in [2.75, 3.05) is 31.5 Å². The molecule has 3 aromatic carbocycles. The molecule has 13 heteroatoms. The molecule has 0 heterocycles. The van der Waals surface area contributed by atoms with E-state index >= 15 is 0 Å². The fourth-order valence-corrected chi connectivity index (χ4v) is 4.36. The van der Waals surface area contributed by atoms with Crippen LogP contribution in [-0.2, 0) is 10.0 Å². The fourth-order valence-electron chi connectivity index (χ4n) is 3.15. The molecule has 190 valence electrons. The maximum absolute atomic E-state index is 12.7. The van der Waals surface area contributed by atoms with Crippen LogP contribution in [0.5, 0.6) is 17.2 Å². The molecule has 0 unspecified atom stereocenters. The van der Waals surface area contributed by atoms with E-state index in [4.69, 9.17) is 25.8 Å². The van der Waals surface area contributed by atoms with Crippen LogP contribution in [0.2, 0.25) is 5.02 Å². The SMILES string of the molecule is COc1cc(/C(C)=N\Nc2ccc(S(=O)(=O)Nc3ccc(Cl)cc3)cc2[N+](=O)[O-])cc(OC)c1OC. The van der Waals surface area contributed by atoms with Gasteiger partial charge in [0.15, 0.2) is 11.5 Å². The van der Waals surface area contributed by atoms with Crippen LogP contribution in [0, 0.1) is 10.1 Å². The molecule has 0 aliphatic carbocycles. The number of hydrogen-bond donors (Lipinski definition) is 2. The highest BCUT2D eigenvalue weighted by molar-refractivity contribution is 7.92. The summed E-state index contributed by atoms with van der Waals surface area (Å²) in [5.41, 5.74) is 3.47. The summed E-state index contributed by atoms with van der Waals surface area (Å²) in [5.74, 6) is 1.23. The van der Waals surface area contributed by atoms with Gasteiger partial charge >= 0.3 is 0 Å². The van der Waals surface area contributed by atoms with Crippen LogP contribution in [0.25, 0.3) is 0 Å². The minimum absolute atomic E-state index is 0.00256. The number of hydrazone groups is 1. The molecule has 3 rings (SSSR count). The molecule has 0 atom stereocenters. The van der Waals surface area contributed by atoms with Crippen LogP contribution in [0.1, 0.15) is 12.5 Å². The van der Waals surface area contributed by atoms with E-state index < -0.39 is 20.6 Å². The molecule has 0 amide bonds. The summed E-state index contributed by atoms with van der Waals surface area (Å²) in [5, 5.41) is 16.3. The van der Waals surface area contributed by atoms with Crippen molar-refractivity contribution < 1.29 is 27.6 Å². The molecule has 0 aromatic heterocycles. The monoisotopic (exact) mass is 534 g/mol. The third kappa shape index (κ3) is 5.96. The number of sulfonamides is 1. The van der Waals surface area contributed by atoms with Gasteiger partial charge in [-0.25, -0.2) is 8.42 Å². The quantitative estimate of drug-likeness (QED) is 0.212. The molecule has 0 radical (unpaired) electrons. The van der Waals surface area contributed by atoms with Crippen LogP contribution in [0.4, 0.5) is 17.1 Å². The summed E-state index contributed by atoms with van der Waals surface area (Å²) in [6, 6.07) is 12.8. The molecule has 0 aliphatic heterocycles. The van der Waals surface area contributed by atoms with Crippen LogP contribution < -0.4 is 24.4 Å². The summed E-state index contributed by atoms with van der Waals surface area (Å²) < 4.78 is 43.8. The number of nitrogens with zero attached hydrogens (tertiary/aromatic N) is 2. The Bertz CT molecular complexity index is 1390. The van der Waals surface area contributed by atoms with Crippen molar-refractivity contribution in [2.24, 2.45) is 5.10 Å². The van der Waals surface area contributed by atoms with Crippen molar-refractivity contribution in [3.05, 3.63) is 75.3 Å². The minimum atomic E-state index is -4.10. The summed E-state index contributed by atoms with van der Waals surface area (Å²) in [6.45, 7) is 1.67. The number of benzene rings is 3. The molecule has 11 nitrogen and oxygen atoms in total. The van der Waals surface area contributed by atoms with Gasteiger partial charge in [0.1, 0.15) is 5.69 Å². The Morgan fingerprint density at radius 1 is 0.972 bits per heavy atom. The predicted molar refractivity (Wildman–Crippen MR) is 137 cm³/mol. The first kappa shape index (κ1) is 26.6. The highest BCUT2D eigenvalue weighted by Gasteiger charge is 2.22. The second kappa shape index (κ2) is 11.1. The van der Waals surface area contributed by atoms with Crippen molar-refractivity contribution in [3.63, 3.8) is 0 Å². The van der Waals surface area contributed by atoms with E-state index in [1.165, 1.54) is 57.7 Å². The van der Waals surface area contributed by atoms with Gasteiger partial charge in [0.25, 0.3) is 15.7 Å². The Morgan fingerprint density at radius 3 is 2.11 bits per heavy atom. The molecular weight excluding hydrogens is 512 g/mol. The summed E-state index contributed by atoms with van der Waals surface area (Å²) in [4.78, 5) is 10.7. The summed E-state index contributed by atoms with van der Waals surface area (Å²) in [7, 11) is 0.344. The number of methoxy groups -OCH3 is 3. The third-order valence-electron chi connectivity index (χ3n) is 5.00. The van der Waals surface area contributed by atoms with Crippen molar-refractivity contribution in [1.82, 2.24) is 0 Å². The standard InChI is InChI=1S/C23H23ClN4O7S/c1-14(15-11-21(33-2)23(35-4)22(12-15)34-3)25-26-19-10-9-18(13-20(19)28(29)30)36(31,32)27-17-7-5-16(24)6-8-17/h5-13,26-27H,1-4H3/b25-14-. The van der Waals surface area contributed by atoms with Gasteiger partial charge in [-0.3, -0.25) is 20.3 Å². The van der Waals surface area contributed by atoms with E-state index in [1.807, 2.05) is 0 Å². The number of nitrogens with one attached hydrogen (secondary N) is 2. The highest BCUT2D eigenvalue weighted by atomic mass is 35.5. The number of rotatable bonds is 10. The van der Waals surface area contributed by atoms with Crippen molar-refractivity contribution in [1.29, 1.82) is 0 Å². The predicted octanol–water partition coefficient (Wildman–Crippen LogP) is 4.91. The van der Waals surface area contributed by atoms with E-state index in [0.29, 0.717) is 33.5 Å². The lowest BCUT2D eigenvalue weighted by Gasteiger charge is -2.14. The lowest BCUT2D eigenvalue weighted by Crippen LogP contribution is -2.13. The molecule has 0 bridgehead atoms. The van der Waals surface area contributed by atoms with Crippen LogP contribution in [0.15, 0.2) is 64.6 Å². The Kier molecular flexibility index (Phi) is 8.22. The molecule has 2 N–H and O–H groups in total. The first-order valence-electron chi connectivity index (χ1n) is 10.3. The molecule has 0 aliphatic rings. The van der Waals surface area contributed by atoms with Gasteiger partial charge in [0.05, 0.1) is 36.9 Å². The van der Waals surface area contributed by atoms with Crippen molar-refractivity contribution in [2.45, 2.75) is 11.8 Å². The molecule has 0 saturated heterocycles. The smallest absolute Gasteiger partial charge is 0.295 e. The van der Waals surface area contributed by atoms with Crippen LogP contribution in [0.3, 0.4) is 0 Å². The number of hydrogen-bond acceptors (Lipinski definition) is 9. The maximum atomic E-state index is 12.7.